The first-order valence-electron chi connectivity index (χ1n) is 6.73. The van der Waals surface area contributed by atoms with E-state index in [1.807, 2.05) is 7.05 Å². The van der Waals surface area contributed by atoms with Gasteiger partial charge in [-0.1, -0.05) is 42.5 Å². The molecule has 104 valence electrons. The average Bonchev–Trinajstić information content (AvgIpc) is 2.43. The number of hydrogen-bond donors (Lipinski definition) is 1. The fourth-order valence-corrected chi connectivity index (χ4v) is 3.12. The summed E-state index contributed by atoms with van der Waals surface area (Å²) in [6, 6.07) is 5.10. The molecule has 1 aliphatic carbocycles. The molecule has 0 atom stereocenters. The normalized spacial score (nSPS) is 18.3. The number of Topliss-reactive ketones (excluding diaryl/α,β-unsaturated/α-hetero) is 1. The van der Waals surface area contributed by atoms with Crippen molar-refractivity contribution in [3.8, 4) is 0 Å². The van der Waals surface area contributed by atoms with Crippen molar-refractivity contribution in [2.75, 3.05) is 7.05 Å². The summed E-state index contributed by atoms with van der Waals surface area (Å²) in [4.78, 5) is 12.4. The zero-order chi connectivity index (χ0) is 13.9. The Labute approximate surface area is 124 Å². The van der Waals surface area contributed by atoms with E-state index in [9.17, 15) is 4.79 Å². The maximum absolute atomic E-state index is 12.4. The van der Waals surface area contributed by atoms with Gasteiger partial charge in [0.1, 0.15) is 0 Å². The van der Waals surface area contributed by atoms with Crippen LogP contribution in [0.3, 0.4) is 0 Å². The smallest absolute Gasteiger partial charge is 0.164 e. The summed E-state index contributed by atoms with van der Waals surface area (Å²) in [6.07, 6.45) is 6.31. The summed E-state index contributed by atoms with van der Waals surface area (Å²) >= 11 is 11.8. The number of benzene rings is 1. The molecule has 1 aliphatic rings. The third kappa shape index (κ3) is 3.50. The van der Waals surface area contributed by atoms with Crippen LogP contribution in [0.2, 0.25) is 10.0 Å². The van der Waals surface area contributed by atoms with Crippen molar-refractivity contribution in [1.29, 1.82) is 0 Å². The number of halogens is 2. The molecule has 1 saturated carbocycles. The highest BCUT2D eigenvalue weighted by atomic mass is 35.5. The van der Waals surface area contributed by atoms with Crippen LogP contribution in [0.4, 0.5) is 0 Å². The van der Waals surface area contributed by atoms with Gasteiger partial charge >= 0.3 is 0 Å². The lowest BCUT2D eigenvalue weighted by molar-refractivity contribution is 0.0915. The Morgan fingerprint density at radius 3 is 2.47 bits per heavy atom. The fourth-order valence-electron chi connectivity index (χ4n) is 2.82. The Morgan fingerprint density at radius 1 is 1.21 bits per heavy atom. The van der Waals surface area contributed by atoms with E-state index in [1.165, 1.54) is 19.3 Å². The van der Waals surface area contributed by atoms with E-state index in [0.29, 0.717) is 22.0 Å². The van der Waals surface area contributed by atoms with Gasteiger partial charge in [0.25, 0.3) is 0 Å². The van der Waals surface area contributed by atoms with E-state index >= 15 is 0 Å². The molecule has 0 radical (unpaired) electrons. The van der Waals surface area contributed by atoms with E-state index < -0.39 is 0 Å². The summed E-state index contributed by atoms with van der Waals surface area (Å²) in [6.45, 7) is 0. The van der Waals surface area contributed by atoms with Gasteiger partial charge in [0.05, 0.1) is 10.0 Å². The zero-order valence-corrected chi connectivity index (χ0v) is 12.7. The van der Waals surface area contributed by atoms with Crippen LogP contribution in [0.25, 0.3) is 0 Å². The molecule has 0 aliphatic heterocycles. The van der Waals surface area contributed by atoms with E-state index in [4.69, 9.17) is 23.2 Å². The lowest BCUT2D eigenvalue weighted by Gasteiger charge is -2.36. The molecule has 0 unspecified atom stereocenters. The summed E-state index contributed by atoms with van der Waals surface area (Å²) in [7, 11) is 1.95. The molecule has 1 aromatic carbocycles. The van der Waals surface area contributed by atoms with Gasteiger partial charge in [0, 0.05) is 17.5 Å². The van der Waals surface area contributed by atoms with Gasteiger partial charge in [-0.3, -0.25) is 4.79 Å². The van der Waals surface area contributed by atoms with Crippen molar-refractivity contribution in [2.24, 2.45) is 0 Å². The first-order valence-corrected chi connectivity index (χ1v) is 7.49. The molecule has 19 heavy (non-hydrogen) atoms. The van der Waals surface area contributed by atoms with E-state index in [1.54, 1.807) is 18.2 Å². The SMILES string of the molecule is CNC1(CC(=O)c2ccc(Cl)c(Cl)c2)CCCCC1. The first kappa shape index (κ1) is 14.8. The van der Waals surface area contributed by atoms with Gasteiger partial charge in [-0.15, -0.1) is 0 Å². The van der Waals surface area contributed by atoms with E-state index in [2.05, 4.69) is 5.32 Å². The van der Waals surface area contributed by atoms with Gasteiger partial charge < -0.3 is 5.32 Å². The summed E-state index contributed by atoms with van der Waals surface area (Å²) in [5.41, 5.74) is 0.608. The Balaban J connectivity index is 2.12. The molecule has 0 heterocycles. The van der Waals surface area contributed by atoms with Crippen LogP contribution < -0.4 is 5.32 Å². The minimum absolute atomic E-state index is 0.0402. The molecule has 1 fully saturated rings. The summed E-state index contributed by atoms with van der Waals surface area (Å²) in [5, 5.41) is 4.29. The number of rotatable bonds is 4. The van der Waals surface area contributed by atoms with Crippen LogP contribution in [0.15, 0.2) is 18.2 Å². The highest BCUT2D eigenvalue weighted by molar-refractivity contribution is 6.42. The predicted molar refractivity (Wildman–Crippen MR) is 80.3 cm³/mol. The number of ketones is 1. The molecule has 1 N–H and O–H groups in total. The lowest BCUT2D eigenvalue weighted by atomic mass is 9.77. The second-order valence-electron chi connectivity index (χ2n) is 5.32. The molecule has 0 saturated heterocycles. The highest BCUT2D eigenvalue weighted by Gasteiger charge is 2.32. The Morgan fingerprint density at radius 2 is 1.89 bits per heavy atom. The van der Waals surface area contributed by atoms with Crippen molar-refractivity contribution in [1.82, 2.24) is 5.32 Å². The van der Waals surface area contributed by atoms with Gasteiger partial charge in [-0.25, -0.2) is 0 Å². The molecular formula is C15H19Cl2NO. The van der Waals surface area contributed by atoms with Crippen LogP contribution in [0, 0.1) is 0 Å². The van der Waals surface area contributed by atoms with Gasteiger partial charge in [0.15, 0.2) is 5.78 Å². The van der Waals surface area contributed by atoms with Crippen LogP contribution in [-0.4, -0.2) is 18.4 Å². The topological polar surface area (TPSA) is 29.1 Å². The lowest BCUT2D eigenvalue weighted by Crippen LogP contribution is -2.46. The average molecular weight is 300 g/mol. The van der Waals surface area contributed by atoms with Crippen molar-refractivity contribution < 1.29 is 4.79 Å². The number of carbonyl (C=O) groups is 1. The maximum Gasteiger partial charge on any atom is 0.164 e. The van der Waals surface area contributed by atoms with Crippen molar-refractivity contribution in [3.63, 3.8) is 0 Å². The Hall–Kier alpha value is -0.570. The second-order valence-corrected chi connectivity index (χ2v) is 6.13. The second kappa shape index (κ2) is 6.25. The molecule has 1 aromatic rings. The Bertz CT molecular complexity index is 467. The standard InChI is InChI=1S/C15H19Cl2NO/c1-18-15(7-3-2-4-8-15)10-14(19)11-5-6-12(16)13(17)9-11/h5-6,9,18H,2-4,7-8,10H2,1H3. The largest absolute Gasteiger partial charge is 0.314 e. The summed E-state index contributed by atoms with van der Waals surface area (Å²) in [5.74, 6) is 0.134. The molecule has 0 amide bonds. The maximum atomic E-state index is 12.4. The predicted octanol–water partition coefficient (Wildman–Crippen LogP) is 4.49. The first-order chi connectivity index (χ1) is 9.06. The van der Waals surface area contributed by atoms with Crippen molar-refractivity contribution in [2.45, 2.75) is 44.1 Å². The molecule has 2 nitrogen and oxygen atoms in total. The van der Waals surface area contributed by atoms with Crippen LogP contribution in [-0.2, 0) is 0 Å². The number of hydrogen-bond acceptors (Lipinski definition) is 2. The van der Waals surface area contributed by atoms with Crippen molar-refractivity contribution in [3.05, 3.63) is 33.8 Å². The molecule has 2 rings (SSSR count). The molecule has 0 bridgehead atoms. The number of nitrogens with one attached hydrogen (secondary N) is 1. The quantitative estimate of drug-likeness (QED) is 0.830. The van der Waals surface area contributed by atoms with Crippen LogP contribution in [0.5, 0.6) is 0 Å². The van der Waals surface area contributed by atoms with E-state index in [-0.39, 0.29) is 11.3 Å². The number of carbonyl (C=O) groups excluding carboxylic acids is 1. The summed E-state index contributed by atoms with van der Waals surface area (Å²) < 4.78 is 0. The Kier molecular flexibility index (Phi) is 4.88. The van der Waals surface area contributed by atoms with Gasteiger partial charge in [-0.2, -0.15) is 0 Å². The van der Waals surface area contributed by atoms with Gasteiger partial charge in [-0.05, 0) is 38.1 Å². The van der Waals surface area contributed by atoms with E-state index in [0.717, 1.165) is 12.8 Å². The third-order valence-corrected chi connectivity index (χ3v) is 4.82. The molecule has 4 heteroatoms. The minimum atomic E-state index is -0.0402. The molecule has 0 spiro atoms. The van der Waals surface area contributed by atoms with Crippen LogP contribution in [0.1, 0.15) is 48.9 Å². The van der Waals surface area contributed by atoms with Crippen molar-refractivity contribution >= 4 is 29.0 Å². The fraction of sp³-hybridized carbons (Fsp3) is 0.533. The molecule has 0 aromatic heterocycles. The van der Waals surface area contributed by atoms with Crippen LogP contribution >= 0.6 is 23.2 Å². The zero-order valence-electron chi connectivity index (χ0n) is 11.1. The highest BCUT2D eigenvalue weighted by Crippen LogP contribution is 2.32. The molecular weight excluding hydrogens is 281 g/mol. The minimum Gasteiger partial charge on any atom is -0.314 e. The van der Waals surface area contributed by atoms with Gasteiger partial charge in [0.2, 0.25) is 0 Å². The third-order valence-electron chi connectivity index (χ3n) is 4.08. The monoisotopic (exact) mass is 299 g/mol.